The van der Waals surface area contributed by atoms with E-state index in [-0.39, 0.29) is 46.4 Å². The molecule has 1 unspecified atom stereocenters. The lowest BCUT2D eigenvalue weighted by atomic mass is 10.0. The van der Waals surface area contributed by atoms with Gasteiger partial charge in [-0.3, -0.25) is 14.3 Å². The molecular weight excluding hydrogens is 649 g/mol. The predicted molar refractivity (Wildman–Crippen MR) is 169 cm³/mol. The molecule has 2 N–H and O–H groups in total. The predicted octanol–water partition coefficient (Wildman–Crippen LogP) is 5.31. The summed E-state index contributed by atoms with van der Waals surface area (Å²) in [6.07, 6.45) is -4.35. The number of aromatic nitrogens is 2. The number of nitrogens with one attached hydrogen (secondary N) is 2. The van der Waals surface area contributed by atoms with Crippen molar-refractivity contribution in [3.05, 3.63) is 71.9 Å². The van der Waals surface area contributed by atoms with E-state index in [4.69, 9.17) is 16.3 Å². The highest BCUT2D eigenvalue weighted by Gasteiger charge is 2.37. The fraction of sp³-hybridized carbons (Fsp3) is 0.516. The van der Waals surface area contributed by atoms with Gasteiger partial charge in [-0.1, -0.05) is 24.6 Å². The Bertz CT molecular complexity index is 1900. The zero-order chi connectivity index (χ0) is 34.4. The number of ether oxygens (including phenoxy) is 1. The molecule has 46 heavy (non-hydrogen) atoms. The largest absolute Gasteiger partial charge is 0.444 e. The van der Waals surface area contributed by atoms with Gasteiger partial charge in [0.2, 0.25) is 0 Å². The van der Waals surface area contributed by atoms with E-state index in [9.17, 15) is 36.0 Å². The highest BCUT2D eigenvalue weighted by molar-refractivity contribution is 7.91. The molecule has 15 heteroatoms. The summed E-state index contributed by atoms with van der Waals surface area (Å²) in [5.74, 6) is -0.229. The van der Waals surface area contributed by atoms with Gasteiger partial charge in [-0.2, -0.15) is 13.2 Å². The van der Waals surface area contributed by atoms with Gasteiger partial charge in [-0.25, -0.2) is 18.0 Å². The summed E-state index contributed by atoms with van der Waals surface area (Å²) in [6.45, 7) is 9.99. The quantitative estimate of drug-likeness (QED) is 0.345. The van der Waals surface area contributed by atoms with Crippen LogP contribution in [0.15, 0.2) is 32.7 Å². The SMILES string of the molecule is CCS(=O)(=O)c1cc(C)c(C)cc1Cn1c(=O)[nH]c2c(Cl)c(CN3CCCC(NC(=O)OC(C)(C)C)C3)c(C(F)(F)F)cc2c1=O. The van der Waals surface area contributed by atoms with Crippen LogP contribution in [-0.4, -0.2) is 59.4 Å². The molecule has 252 valence electrons. The Labute approximate surface area is 269 Å². The number of rotatable bonds is 7. The number of aryl methyl sites for hydroxylation is 2. The minimum Gasteiger partial charge on any atom is -0.444 e. The van der Waals surface area contributed by atoms with Crippen LogP contribution in [0.5, 0.6) is 0 Å². The number of hydrogen-bond donors (Lipinski definition) is 2. The molecule has 0 spiro atoms. The average Bonchev–Trinajstić information content (AvgIpc) is 2.93. The van der Waals surface area contributed by atoms with Crippen molar-refractivity contribution in [2.75, 3.05) is 18.8 Å². The van der Waals surface area contributed by atoms with Crippen molar-refractivity contribution < 1.29 is 31.1 Å². The molecule has 10 nitrogen and oxygen atoms in total. The van der Waals surface area contributed by atoms with E-state index in [2.05, 4.69) is 10.3 Å². The van der Waals surface area contributed by atoms with Gasteiger partial charge in [-0.15, -0.1) is 0 Å². The molecule has 0 radical (unpaired) electrons. The maximum Gasteiger partial charge on any atom is 0.416 e. The van der Waals surface area contributed by atoms with Crippen LogP contribution in [0.25, 0.3) is 10.9 Å². The number of halogens is 4. The summed E-state index contributed by atoms with van der Waals surface area (Å²) < 4.78 is 75.1. The van der Waals surface area contributed by atoms with E-state index in [1.807, 2.05) is 0 Å². The van der Waals surface area contributed by atoms with Crippen molar-refractivity contribution in [2.24, 2.45) is 0 Å². The molecule has 1 fully saturated rings. The van der Waals surface area contributed by atoms with Crippen molar-refractivity contribution in [1.29, 1.82) is 0 Å². The van der Waals surface area contributed by atoms with Crippen LogP contribution in [0.2, 0.25) is 5.02 Å². The Hall–Kier alpha value is -3.36. The van der Waals surface area contributed by atoms with Crippen LogP contribution in [-0.2, 0) is 33.8 Å². The summed E-state index contributed by atoms with van der Waals surface area (Å²) in [7, 11) is -3.76. The lowest BCUT2D eigenvalue weighted by Crippen LogP contribution is -2.48. The van der Waals surface area contributed by atoms with Gasteiger partial charge < -0.3 is 15.0 Å². The Morgan fingerprint density at radius 3 is 2.37 bits per heavy atom. The molecule has 1 aliphatic rings. The van der Waals surface area contributed by atoms with Crippen molar-refractivity contribution in [3.8, 4) is 0 Å². The second-order valence-electron chi connectivity index (χ2n) is 12.6. The topological polar surface area (TPSA) is 131 Å². The monoisotopic (exact) mass is 686 g/mol. The van der Waals surface area contributed by atoms with Crippen molar-refractivity contribution in [1.82, 2.24) is 19.8 Å². The minimum atomic E-state index is -4.90. The number of H-pyrrole nitrogens is 1. The highest BCUT2D eigenvalue weighted by atomic mass is 35.5. The van der Waals surface area contributed by atoms with Gasteiger partial charge in [0, 0.05) is 19.1 Å². The second kappa shape index (κ2) is 13.0. The Morgan fingerprint density at radius 2 is 1.76 bits per heavy atom. The number of benzene rings is 2. The standard InChI is InChI=1S/C31H38ClF3N4O6S/c1-7-46(43,44)24-12-18(3)17(2)11-19(24)14-39-27(40)21-13-23(31(33,34)35)22(25(32)26(21)37-28(39)41)16-38-10-8-9-20(15-38)36-29(42)45-30(4,5)6/h11-13,20H,7-10,14-16H2,1-6H3,(H,36,42)(H,37,41). The molecule has 1 aliphatic heterocycles. The normalized spacial score (nSPS) is 16.5. The average molecular weight is 687 g/mol. The van der Waals surface area contributed by atoms with Gasteiger partial charge in [0.1, 0.15) is 5.60 Å². The number of amides is 1. The number of nitrogens with zero attached hydrogens (tertiary/aromatic N) is 2. The lowest BCUT2D eigenvalue weighted by Gasteiger charge is -2.34. The maximum absolute atomic E-state index is 14.5. The number of hydrogen-bond acceptors (Lipinski definition) is 7. The van der Waals surface area contributed by atoms with Gasteiger partial charge >= 0.3 is 18.0 Å². The van der Waals surface area contributed by atoms with E-state index >= 15 is 0 Å². The number of alkyl carbamates (subject to hydrolysis) is 1. The summed E-state index contributed by atoms with van der Waals surface area (Å²) in [5.41, 5.74) is -2.87. The Morgan fingerprint density at radius 1 is 1.11 bits per heavy atom. The minimum absolute atomic E-state index is 0.0603. The first-order valence-electron chi connectivity index (χ1n) is 14.8. The molecule has 2 heterocycles. The first-order chi connectivity index (χ1) is 21.2. The van der Waals surface area contributed by atoms with Gasteiger partial charge in [0.15, 0.2) is 9.84 Å². The third-order valence-corrected chi connectivity index (χ3v) is 10.2. The molecule has 2 aromatic carbocycles. The summed E-state index contributed by atoms with van der Waals surface area (Å²) in [4.78, 5) is 43.3. The molecular formula is C31H38ClF3N4O6S. The van der Waals surface area contributed by atoms with Crippen LogP contribution >= 0.6 is 11.6 Å². The van der Waals surface area contributed by atoms with Crippen molar-refractivity contribution in [2.45, 2.75) is 90.2 Å². The number of likely N-dealkylation sites (tertiary alicyclic amines) is 1. The second-order valence-corrected chi connectivity index (χ2v) is 15.3. The number of fused-ring (bicyclic) bond motifs is 1. The number of aromatic amines is 1. The first-order valence-corrected chi connectivity index (χ1v) is 16.8. The van der Waals surface area contributed by atoms with Gasteiger partial charge in [0.05, 0.1) is 38.7 Å². The van der Waals surface area contributed by atoms with Gasteiger partial charge in [-0.05, 0) is 88.4 Å². The van der Waals surface area contributed by atoms with Crippen LogP contribution in [0.1, 0.15) is 68.4 Å². The maximum atomic E-state index is 14.5. The molecule has 3 aromatic rings. The zero-order valence-corrected chi connectivity index (χ0v) is 28.1. The molecule has 1 aromatic heterocycles. The van der Waals surface area contributed by atoms with E-state index in [1.165, 1.54) is 13.0 Å². The first kappa shape index (κ1) is 35.5. The van der Waals surface area contributed by atoms with E-state index in [0.717, 1.165) is 0 Å². The van der Waals surface area contributed by atoms with Crippen molar-refractivity contribution in [3.63, 3.8) is 0 Å². The Balaban J connectivity index is 1.76. The lowest BCUT2D eigenvalue weighted by molar-refractivity contribution is -0.138. The van der Waals surface area contributed by atoms with Gasteiger partial charge in [0.25, 0.3) is 5.56 Å². The molecule has 0 bridgehead atoms. The Kier molecular flexibility index (Phi) is 10.1. The van der Waals surface area contributed by atoms with Crippen LogP contribution in [0.4, 0.5) is 18.0 Å². The zero-order valence-electron chi connectivity index (χ0n) is 26.5. The molecule has 1 saturated heterocycles. The van der Waals surface area contributed by atoms with Crippen molar-refractivity contribution >= 4 is 38.4 Å². The van der Waals surface area contributed by atoms with Crippen LogP contribution < -0.4 is 16.6 Å². The third-order valence-electron chi connectivity index (χ3n) is 7.95. The molecule has 1 atom stereocenters. The fourth-order valence-electron chi connectivity index (χ4n) is 5.55. The molecule has 0 aliphatic carbocycles. The van der Waals surface area contributed by atoms with E-state index in [1.54, 1.807) is 45.6 Å². The molecule has 4 rings (SSSR count). The number of piperidine rings is 1. The van der Waals surface area contributed by atoms with E-state index in [0.29, 0.717) is 41.1 Å². The fourth-order valence-corrected chi connectivity index (χ4v) is 7.05. The summed E-state index contributed by atoms with van der Waals surface area (Å²) in [6, 6.07) is 3.31. The smallest absolute Gasteiger partial charge is 0.416 e. The summed E-state index contributed by atoms with van der Waals surface area (Å²) >= 11 is 6.55. The molecule has 0 saturated carbocycles. The summed E-state index contributed by atoms with van der Waals surface area (Å²) in [5, 5.41) is 1.87. The number of sulfone groups is 1. The van der Waals surface area contributed by atoms with Crippen LogP contribution in [0.3, 0.4) is 0 Å². The van der Waals surface area contributed by atoms with E-state index < -0.39 is 61.5 Å². The number of alkyl halides is 3. The number of carbonyl (C=O) groups is 1. The van der Waals surface area contributed by atoms with Crippen LogP contribution in [0, 0.1) is 13.8 Å². The number of carbonyl (C=O) groups excluding carboxylic acids is 1. The third kappa shape index (κ3) is 7.77. The molecule has 1 amide bonds. The highest BCUT2D eigenvalue weighted by Crippen LogP contribution is 2.39.